The average Bonchev–Trinajstić information content (AvgIpc) is 3.40. The van der Waals surface area contributed by atoms with Gasteiger partial charge in [0.2, 0.25) is 5.60 Å². The number of anilines is 1. The number of ether oxygens (including phenoxy) is 1. The molecule has 9 heteroatoms. The normalized spacial score (nSPS) is 25.3. The maximum absolute atomic E-state index is 13.5. The Balaban J connectivity index is 1.32. The Hall–Kier alpha value is -3.56. The fourth-order valence-corrected chi connectivity index (χ4v) is 5.20. The summed E-state index contributed by atoms with van der Waals surface area (Å²) < 4.78 is 11.7. The Labute approximate surface area is 197 Å². The molecule has 0 aliphatic carbocycles. The van der Waals surface area contributed by atoms with Crippen molar-refractivity contribution in [3.05, 3.63) is 78.6 Å². The number of aliphatic hydroxyl groups is 1. The zero-order chi connectivity index (χ0) is 23.6. The lowest BCUT2D eigenvalue weighted by Crippen LogP contribution is -2.66. The quantitative estimate of drug-likeness (QED) is 0.407. The van der Waals surface area contributed by atoms with Crippen LogP contribution < -0.4 is 5.32 Å². The molecule has 2 bridgehead atoms. The Kier molecular flexibility index (Phi) is 5.89. The second-order valence-electron chi connectivity index (χ2n) is 9.14. The summed E-state index contributed by atoms with van der Waals surface area (Å²) in [6, 6.07) is 10.3. The van der Waals surface area contributed by atoms with Crippen molar-refractivity contribution in [2.75, 3.05) is 31.5 Å². The molecular formula is C25H27N4O5+. The number of nitrogens with one attached hydrogen (secondary N) is 1. The predicted molar refractivity (Wildman–Crippen MR) is 121 cm³/mol. The van der Waals surface area contributed by atoms with Crippen LogP contribution in [0.25, 0.3) is 0 Å². The van der Waals surface area contributed by atoms with Crippen LogP contribution in [0.15, 0.2) is 71.9 Å². The van der Waals surface area contributed by atoms with Crippen LogP contribution in [0.3, 0.4) is 0 Å². The fraction of sp³-hybridized carbons (Fsp3) is 0.360. The van der Waals surface area contributed by atoms with E-state index in [1.165, 1.54) is 24.9 Å². The molecule has 0 saturated carbocycles. The van der Waals surface area contributed by atoms with E-state index < -0.39 is 11.6 Å². The number of benzene rings is 1. The summed E-state index contributed by atoms with van der Waals surface area (Å²) in [6.07, 6.45) is 8.67. The molecule has 3 fully saturated rings. The molecular weight excluding hydrogens is 436 g/mol. The van der Waals surface area contributed by atoms with E-state index in [1.54, 1.807) is 36.5 Å². The first kappa shape index (κ1) is 22.2. The lowest BCUT2D eigenvalue weighted by atomic mass is 9.82. The van der Waals surface area contributed by atoms with E-state index in [2.05, 4.69) is 15.3 Å². The molecule has 2 aromatic heterocycles. The average molecular weight is 464 g/mol. The van der Waals surface area contributed by atoms with E-state index in [0.29, 0.717) is 28.0 Å². The van der Waals surface area contributed by atoms with Gasteiger partial charge >= 0.3 is 5.97 Å². The summed E-state index contributed by atoms with van der Waals surface area (Å²) in [7, 11) is 0. The zero-order valence-electron chi connectivity index (χ0n) is 18.7. The molecule has 1 amide bonds. The summed E-state index contributed by atoms with van der Waals surface area (Å²) in [5.41, 5.74) is -1.25. The van der Waals surface area contributed by atoms with Gasteiger partial charge in [0.15, 0.2) is 18.5 Å². The first-order valence-corrected chi connectivity index (χ1v) is 11.4. The van der Waals surface area contributed by atoms with Gasteiger partial charge in [0.1, 0.15) is 6.54 Å². The van der Waals surface area contributed by atoms with Crippen LogP contribution in [-0.2, 0) is 19.9 Å². The van der Waals surface area contributed by atoms with Crippen LogP contribution in [0.5, 0.6) is 0 Å². The number of furan rings is 1. The zero-order valence-corrected chi connectivity index (χ0v) is 18.7. The molecule has 2 N–H and O–H groups in total. The van der Waals surface area contributed by atoms with Gasteiger partial charge in [-0.05, 0) is 11.6 Å². The number of amides is 1. The molecule has 3 aliphatic rings. The highest BCUT2D eigenvalue weighted by atomic mass is 16.6. The smallest absolute Gasteiger partial charge is 0.348 e. The molecule has 6 rings (SSSR count). The van der Waals surface area contributed by atoms with Crippen LogP contribution in [-0.4, -0.2) is 63.7 Å². The number of carbonyl (C=O) groups is 2. The summed E-state index contributed by atoms with van der Waals surface area (Å²) in [5.74, 6) is -0.267. The monoisotopic (exact) mass is 463 g/mol. The minimum atomic E-state index is -1.98. The van der Waals surface area contributed by atoms with Crippen molar-refractivity contribution in [2.45, 2.75) is 24.5 Å². The molecule has 176 valence electrons. The Morgan fingerprint density at radius 3 is 2.62 bits per heavy atom. The van der Waals surface area contributed by atoms with E-state index in [4.69, 9.17) is 9.15 Å². The summed E-state index contributed by atoms with van der Waals surface area (Å²) in [6.45, 7) is 2.48. The molecule has 3 aliphatic heterocycles. The number of piperidine rings is 3. The largest absolute Gasteiger partial charge is 0.472 e. The van der Waals surface area contributed by atoms with Crippen molar-refractivity contribution in [1.82, 2.24) is 9.97 Å². The number of fused-ring (bicyclic) bond motifs is 3. The molecule has 34 heavy (non-hydrogen) atoms. The number of esters is 1. The molecule has 3 aromatic rings. The molecule has 1 unspecified atom stereocenters. The Morgan fingerprint density at radius 1 is 1.15 bits per heavy atom. The standard InChI is InChI=1S/C25H26N4O5/c30-23(28-22-14-26-9-10-27-22)16-29-11-6-18(7-12-29)21(15-29)34-24(31)25(32,20-8-13-33-17-20)19-4-2-1-3-5-19/h1-5,8-10,13-14,17-18,21,32H,6-7,11-12,15-16H2/p+1/t18?,21?,25-,29?/m1/s1. The van der Waals surface area contributed by atoms with Crippen molar-refractivity contribution in [3.8, 4) is 0 Å². The van der Waals surface area contributed by atoms with Gasteiger partial charge in [0.25, 0.3) is 5.91 Å². The van der Waals surface area contributed by atoms with Crippen molar-refractivity contribution in [3.63, 3.8) is 0 Å². The number of hydrogen-bond acceptors (Lipinski definition) is 7. The van der Waals surface area contributed by atoms with Crippen LogP contribution in [0.2, 0.25) is 0 Å². The predicted octanol–water partition coefficient (Wildman–Crippen LogP) is 2.10. The van der Waals surface area contributed by atoms with Gasteiger partial charge in [-0.2, -0.15) is 0 Å². The van der Waals surface area contributed by atoms with Crippen molar-refractivity contribution < 1.29 is 28.3 Å². The highest BCUT2D eigenvalue weighted by Gasteiger charge is 2.51. The van der Waals surface area contributed by atoms with Crippen molar-refractivity contribution in [2.24, 2.45) is 5.92 Å². The number of rotatable bonds is 7. The molecule has 9 nitrogen and oxygen atoms in total. The highest BCUT2D eigenvalue weighted by Crippen LogP contribution is 2.38. The third kappa shape index (κ3) is 4.20. The molecule has 3 saturated heterocycles. The van der Waals surface area contributed by atoms with Gasteiger partial charge in [-0.3, -0.25) is 9.78 Å². The van der Waals surface area contributed by atoms with Gasteiger partial charge in [-0.1, -0.05) is 30.3 Å². The second-order valence-corrected chi connectivity index (χ2v) is 9.14. The topological polar surface area (TPSA) is 115 Å². The van der Waals surface area contributed by atoms with Crippen LogP contribution in [0.1, 0.15) is 24.0 Å². The molecule has 2 atom stereocenters. The van der Waals surface area contributed by atoms with Crippen LogP contribution in [0.4, 0.5) is 5.82 Å². The third-order valence-corrected chi connectivity index (χ3v) is 7.04. The SMILES string of the molecule is O=C(C[N+]12CCC(CC1)C(OC(=O)[C@@](O)(c1ccccc1)c1ccoc1)C2)Nc1cnccn1. The second kappa shape index (κ2) is 9.00. The maximum atomic E-state index is 13.5. The van der Waals surface area contributed by atoms with Crippen LogP contribution >= 0.6 is 0 Å². The van der Waals surface area contributed by atoms with Gasteiger partial charge < -0.3 is 24.1 Å². The first-order valence-electron chi connectivity index (χ1n) is 11.4. The van der Waals surface area contributed by atoms with Gasteiger partial charge in [-0.25, -0.2) is 9.78 Å². The number of quaternary nitrogens is 1. The summed E-state index contributed by atoms with van der Waals surface area (Å²) in [5, 5.41) is 14.4. The van der Waals surface area contributed by atoms with E-state index in [-0.39, 0.29) is 24.5 Å². The number of nitrogens with zero attached hydrogens (tertiary/aromatic N) is 3. The van der Waals surface area contributed by atoms with Gasteiger partial charge in [-0.15, -0.1) is 0 Å². The maximum Gasteiger partial charge on any atom is 0.348 e. The Morgan fingerprint density at radius 2 is 1.94 bits per heavy atom. The minimum Gasteiger partial charge on any atom is -0.472 e. The van der Waals surface area contributed by atoms with Gasteiger partial charge in [0, 0.05) is 36.7 Å². The fourth-order valence-electron chi connectivity index (χ4n) is 5.20. The van der Waals surface area contributed by atoms with E-state index in [9.17, 15) is 14.7 Å². The Bertz CT molecular complexity index is 1130. The summed E-state index contributed by atoms with van der Waals surface area (Å²) >= 11 is 0. The molecule has 0 spiro atoms. The van der Waals surface area contributed by atoms with Crippen LogP contribution in [0, 0.1) is 5.92 Å². The minimum absolute atomic E-state index is 0.148. The van der Waals surface area contributed by atoms with E-state index in [1.807, 2.05) is 6.07 Å². The van der Waals surface area contributed by atoms with E-state index >= 15 is 0 Å². The first-order chi connectivity index (χ1) is 16.5. The summed E-state index contributed by atoms with van der Waals surface area (Å²) in [4.78, 5) is 34.3. The number of aromatic nitrogens is 2. The molecule has 1 aromatic carbocycles. The van der Waals surface area contributed by atoms with Gasteiger partial charge in [0.05, 0.1) is 31.8 Å². The lowest BCUT2D eigenvalue weighted by Gasteiger charge is -2.51. The lowest BCUT2D eigenvalue weighted by molar-refractivity contribution is -0.939. The van der Waals surface area contributed by atoms with Crippen molar-refractivity contribution >= 4 is 17.7 Å². The highest BCUT2D eigenvalue weighted by molar-refractivity contribution is 5.90. The number of hydrogen-bond donors (Lipinski definition) is 2. The van der Waals surface area contributed by atoms with Crippen molar-refractivity contribution in [1.29, 1.82) is 0 Å². The number of carbonyl (C=O) groups excluding carboxylic acids is 2. The third-order valence-electron chi connectivity index (χ3n) is 7.04. The van der Waals surface area contributed by atoms with E-state index in [0.717, 1.165) is 25.9 Å². The molecule has 5 heterocycles. The molecule has 0 radical (unpaired) electrons.